The van der Waals surface area contributed by atoms with Crippen molar-refractivity contribution < 1.29 is 32.6 Å². The maximum atomic E-state index is 11.1. The zero-order valence-electron chi connectivity index (χ0n) is 15.2. The lowest BCUT2D eigenvalue weighted by Gasteiger charge is -2.34. The third kappa shape index (κ3) is 15.5. The van der Waals surface area contributed by atoms with Gasteiger partial charge in [0, 0.05) is 0 Å². The number of phosphoric ester groups is 1. The van der Waals surface area contributed by atoms with Gasteiger partial charge in [-0.2, -0.15) is 0 Å². The van der Waals surface area contributed by atoms with E-state index in [2.05, 4.69) is 41.8 Å². The number of hydrogen-bond donors (Lipinski definition) is 0. The van der Waals surface area contributed by atoms with Crippen LogP contribution in [0.25, 0.3) is 0 Å². The molecule has 0 aliphatic rings. The molecule has 0 aromatic heterocycles. The predicted molar refractivity (Wildman–Crippen MR) is 92.3 cm³/mol. The summed E-state index contributed by atoms with van der Waals surface area (Å²) in [7, 11) is -10.8. The minimum Gasteiger partial charge on any atom is -0.790 e. The number of allylic oxidation sites excluding steroid dienone is 5. The summed E-state index contributed by atoms with van der Waals surface area (Å²) in [5.74, 6) is 0. The topological polar surface area (TPSA) is 122 Å². The molecular formula is C16H27O7P2-3. The molecule has 0 aliphatic carbocycles. The predicted octanol–water partition coefficient (Wildman–Crippen LogP) is 3.13. The first-order valence-electron chi connectivity index (χ1n) is 8.11. The van der Waals surface area contributed by atoms with E-state index in [9.17, 15) is 23.8 Å². The van der Waals surface area contributed by atoms with Crippen molar-refractivity contribution in [2.24, 2.45) is 0 Å². The summed E-state index contributed by atoms with van der Waals surface area (Å²) in [4.78, 5) is 31.7. The summed E-state index contributed by atoms with van der Waals surface area (Å²) in [6.07, 6.45) is 10.2. The molecule has 0 aromatic rings. The summed E-state index contributed by atoms with van der Waals surface area (Å²) in [5, 5.41) is 0. The maximum Gasteiger partial charge on any atom is 0.272 e. The normalized spacial score (nSPS) is 15.8. The first-order valence-corrected chi connectivity index (χ1v) is 11.0. The number of hydrogen-bond acceptors (Lipinski definition) is 7. The molecule has 0 saturated heterocycles. The minimum atomic E-state index is -5.64. The zero-order chi connectivity index (χ0) is 19.5. The highest BCUT2D eigenvalue weighted by Gasteiger charge is 2.10. The molecule has 0 aliphatic heterocycles. The Morgan fingerprint density at radius 1 is 0.960 bits per heavy atom. The molecule has 0 aromatic carbocycles. The highest BCUT2D eigenvalue weighted by molar-refractivity contribution is 7.58. The molecule has 0 heterocycles. The van der Waals surface area contributed by atoms with E-state index in [1.54, 1.807) is 6.08 Å². The van der Waals surface area contributed by atoms with E-state index < -0.39 is 15.6 Å². The Labute approximate surface area is 150 Å². The Morgan fingerprint density at radius 3 is 2.08 bits per heavy atom. The second-order valence-corrected chi connectivity index (χ2v) is 8.60. The van der Waals surface area contributed by atoms with Crippen molar-refractivity contribution in [1.82, 2.24) is 0 Å². The van der Waals surface area contributed by atoms with E-state index in [-0.39, 0.29) is 6.61 Å². The molecule has 0 saturated carbocycles. The van der Waals surface area contributed by atoms with Crippen LogP contribution in [0.2, 0.25) is 0 Å². The van der Waals surface area contributed by atoms with Gasteiger partial charge < -0.3 is 23.8 Å². The third-order valence-electron chi connectivity index (χ3n) is 3.31. The molecular weight excluding hydrogens is 366 g/mol. The lowest BCUT2D eigenvalue weighted by molar-refractivity contribution is -0.339. The Balaban J connectivity index is 4.36. The van der Waals surface area contributed by atoms with Crippen LogP contribution in [0.1, 0.15) is 59.8 Å². The van der Waals surface area contributed by atoms with Crippen molar-refractivity contribution in [2.45, 2.75) is 59.8 Å². The summed E-state index contributed by atoms with van der Waals surface area (Å²) < 4.78 is 29.2. The molecule has 1 unspecified atom stereocenters. The maximum absolute atomic E-state index is 11.1. The van der Waals surface area contributed by atoms with Crippen LogP contribution in [-0.4, -0.2) is 6.61 Å². The van der Waals surface area contributed by atoms with Crippen LogP contribution in [0.4, 0.5) is 0 Å². The van der Waals surface area contributed by atoms with E-state index >= 15 is 0 Å². The van der Waals surface area contributed by atoms with Gasteiger partial charge in [0.25, 0.3) is 7.82 Å². The molecule has 0 bridgehead atoms. The smallest absolute Gasteiger partial charge is 0.272 e. The molecule has 0 amide bonds. The average molecular weight is 393 g/mol. The SMILES string of the molecule is CC/C(=C\COP(=O)([O-])OP(=O)([O-])[O-])CC/C=C(\C)CCC=C(C)C. The van der Waals surface area contributed by atoms with E-state index in [0.29, 0.717) is 6.42 Å². The standard InChI is InChI=1S/C16H30O7P2/c1-5-16(11-7-10-15(4)9-6-8-14(2)3)12-13-22-25(20,21)23-24(17,18)19/h8,10,12H,5-7,9,11,13H2,1-4H3,(H,20,21)(H2,17,18,19)/p-3/b15-10+,16-12+. The van der Waals surface area contributed by atoms with Crippen LogP contribution in [-0.2, 0) is 18.0 Å². The molecule has 0 N–H and O–H groups in total. The van der Waals surface area contributed by atoms with Crippen LogP contribution >= 0.6 is 15.6 Å². The number of rotatable bonds is 12. The molecule has 1 atom stereocenters. The van der Waals surface area contributed by atoms with Gasteiger partial charge in [-0.25, -0.2) is 0 Å². The van der Waals surface area contributed by atoms with Crippen molar-refractivity contribution in [3.05, 3.63) is 34.9 Å². The quantitative estimate of drug-likeness (QED) is 0.369. The van der Waals surface area contributed by atoms with Crippen LogP contribution < -0.4 is 14.7 Å². The molecule has 0 radical (unpaired) electrons. The Hall–Kier alpha value is -0.520. The van der Waals surface area contributed by atoms with E-state index in [1.807, 2.05) is 6.92 Å². The molecule has 7 nitrogen and oxygen atoms in total. The van der Waals surface area contributed by atoms with Crippen LogP contribution in [0.3, 0.4) is 0 Å². The van der Waals surface area contributed by atoms with Gasteiger partial charge in [0.2, 0.25) is 0 Å². The lowest BCUT2D eigenvalue weighted by Crippen LogP contribution is -2.19. The summed E-state index contributed by atoms with van der Waals surface area (Å²) in [5.41, 5.74) is 3.57. The second-order valence-electron chi connectivity index (χ2n) is 5.90. The van der Waals surface area contributed by atoms with Crippen LogP contribution in [0, 0.1) is 0 Å². The highest BCUT2D eigenvalue weighted by Crippen LogP contribution is 2.50. The van der Waals surface area contributed by atoms with Crippen LogP contribution in [0.5, 0.6) is 0 Å². The first kappa shape index (κ1) is 24.5. The second kappa shape index (κ2) is 12.0. The fourth-order valence-electron chi connectivity index (χ4n) is 2.01. The fourth-order valence-corrected chi connectivity index (χ4v) is 3.44. The van der Waals surface area contributed by atoms with E-state index in [0.717, 1.165) is 31.3 Å². The molecule has 0 spiro atoms. The molecule has 0 fully saturated rings. The molecule has 25 heavy (non-hydrogen) atoms. The van der Waals surface area contributed by atoms with Crippen molar-refractivity contribution in [3.63, 3.8) is 0 Å². The number of phosphoric acid groups is 2. The highest BCUT2D eigenvalue weighted by atomic mass is 31.3. The van der Waals surface area contributed by atoms with Gasteiger partial charge in [0.15, 0.2) is 0 Å². The van der Waals surface area contributed by atoms with Gasteiger partial charge in [0.1, 0.15) is 0 Å². The average Bonchev–Trinajstić information content (AvgIpc) is 2.42. The summed E-state index contributed by atoms with van der Waals surface area (Å²) in [6.45, 7) is 7.77. The van der Waals surface area contributed by atoms with Crippen molar-refractivity contribution in [3.8, 4) is 0 Å². The Bertz CT molecular complexity index is 583. The van der Waals surface area contributed by atoms with Gasteiger partial charge in [-0.05, 0) is 52.9 Å². The lowest BCUT2D eigenvalue weighted by atomic mass is 10.0. The first-order chi connectivity index (χ1) is 11.4. The fraction of sp³-hybridized carbons (Fsp3) is 0.625. The summed E-state index contributed by atoms with van der Waals surface area (Å²) >= 11 is 0. The largest absolute Gasteiger partial charge is 0.790 e. The Kier molecular flexibility index (Phi) is 11.7. The van der Waals surface area contributed by atoms with Crippen molar-refractivity contribution >= 4 is 15.6 Å². The van der Waals surface area contributed by atoms with Crippen molar-refractivity contribution in [2.75, 3.05) is 6.61 Å². The van der Waals surface area contributed by atoms with Gasteiger partial charge in [0.05, 0.1) is 14.4 Å². The Morgan fingerprint density at radius 2 is 1.56 bits per heavy atom. The van der Waals surface area contributed by atoms with E-state index in [1.165, 1.54) is 11.1 Å². The monoisotopic (exact) mass is 393 g/mol. The van der Waals surface area contributed by atoms with Gasteiger partial charge in [-0.1, -0.05) is 41.9 Å². The molecule has 146 valence electrons. The third-order valence-corrected chi connectivity index (χ3v) is 5.37. The van der Waals surface area contributed by atoms with Gasteiger partial charge in [-0.15, -0.1) is 0 Å². The molecule has 0 rings (SSSR count). The van der Waals surface area contributed by atoms with E-state index in [4.69, 9.17) is 0 Å². The van der Waals surface area contributed by atoms with Gasteiger partial charge >= 0.3 is 0 Å². The van der Waals surface area contributed by atoms with Gasteiger partial charge in [-0.3, -0.25) is 8.88 Å². The minimum absolute atomic E-state index is 0.368. The summed E-state index contributed by atoms with van der Waals surface area (Å²) in [6, 6.07) is 0. The van der Waals surface area contributed by atoms with Crippen LogP contribution in [0.15, 0.2) is 34.9 Å². The zero-order valence-corrected chi connectivity index (χ0v) is 17.0. The molecule has 9 heteroatoms. The van der Waals surface area contributed by atoms with Crippen molar-refractivity contribution in [1.29, 1.82) is 0 Å².